The van der Waals surface area contributed by atoms with Gasteiger partial charge in [-0.2, -0.15) is 0 Å². The third-order valence-electron chi connectivity index (χ3n) is 5.36. The summed E-state index contributed by atoms with van der Waals surface area (Å²) in [5.74, 6) is 0.517. The number of likely N-dealkylation sites (tertiary alicyclic amines) is 1. The van der Waals surface area contributed by atoms with Gasteiger partial charge < -0.3 is 4.90 Å². The topological polar surface area (TPSA) is 55.2 Å². The van der Waals surface area contributed by atoms with Crippen LogP contribution in [-0.4, -0.2) is 39.2 Å². The van der Waals surface area contributed by atoms with Crippen LogP contribution in [0.25, 0.3) is 20.3 Å². The molecule has 2 aliphatic rings. The average molecular weight is 400 g/mol. The van der Waals surface area contributed by atoms with Crippen LogP contribution in [0.2, 0.25) is 0 Å². The lowest BCUT2D eigenvalue weighted by Crippen LogP contribution is -2.36. The van der Waals surface area contributed by atoms with Gasteiger partial charge in [0.2, 0.25) is 5.91 Å². The molecule has 5 nitrogen and oxygen atoms in total. The fourth-order valence-electron chi connectivity index (χ4n) is 3.78. The molecule has 7 heteroatoms. The van der Waals surface area contributed by atoms with Crippen molar-refractivity contribution >= 4 is 49.3 Å². The molecule has 1 aromatic carbocycles. The molecule has 0 unspecified atom stereocenters. The SMILES string of the molecule is O=C(CSc1nc2sc3ccccc3c2c(=O)n1C1CC1)N1CCCCC1. The van der Waals surface area contributed by atoms with E-state index in [1.54, 1.807) is 11.3 Å². The first kappa shape index (κ1) is 17.3. The van der Waals surface area contributed by atoms with Crippen LogP contribution >= 0.6 is 23.1 Å². The number of hydrogen-bond acceptors (Lipinski definition) is 5. The largest absolute Gasteiger partial charge is 0.342 e. The molecule has 1 amide bonds. The molecule has 0 N–H and O–H groups in total. The Morgan fingerprint density at radius 1 is 1.19 bits per heavy atom. The zero-order valence-corrected chi connectivity index (χ0v) is 16.7. The highest BCUT2D eigenvalue weighted by atomic mass is 32.2. The van der Waals surface area contributed by atoms with Gasteiger partial charge in [-0.05, 0) is 38.2 Å². The minimum Gasteiger partial charge on any atom is -0.342 e. The smallest absolute Gasteiger partial charge is 0.263 e. The average Bonchev–Trinajstić information content (AvgIpc) is 3.46. The lowest BCUT2D eigenvalue weighted by Gasteiger charge is -2.26. The Bertz CT molecular complexity index is 1080. The Kier molecular flexibility index (Phi) is 4.44. The first-order valence-electron chi connectivity index (χ1n) is 9.57. The van der Waals surface area contributed by atoms with E-state index in [0.717, 1.165) is 59.1 Å². The summed E-state index contributed by atoms with van der Waals surface area (Å²) in [7, 11) is 0. The van der Waals surface area contributed by atoms with Crippen molar-refractivity contribution < 1.29 is 4.79 Å². The van der Waals surface area contributed by atoms with Crippen molar-refractivity contribution in [1.29, 1.82) is 0 Å². The fraction of sp³-hybridized carbons (Fsp3) is 0.450. The van der Waals surface area contributed by atoms with Crippen LogP contribution in [0.3, 0.4) is 0 Å². The van der Waals surface area contributed by atoms with Crippen LogP contribution in [0.1, 0.15) is 38.1 Å². The second-order valence-corrected chi connectivity index (χ2v) is 9.28. The molecule has 5 rings (SSSR count). The van der Waals surface area contributed by atoms with Crippen LogP contribution in [0, 0.1) is 0 Å². The van der Waals surface area contributed by atoms with Crippen LogP contribution < -0.4 is 5.56 Å². The molecule has 140 valence electrons. The molecule has 27 heavy (non-hydrogen) atoms. The Balaban J connectivity index is 1.51. The molecular formula is C20H21N3O2S2. The Labute approximate surface area is 165 Å². The van der Waals surface area contributed by atoms with E-state index < -0.39 is 0 Å². The maximum Gasteiger partial charge on any atom is 0.263 e. The van der Waals surface area contributed by atoms with Crippen molar-refractivity contribution in [1.82, 2.24) is 14.5 Å². The number of carbonyl (C=O) groups excluding carboxylic acids is 1. The molecule has 2 aromatic heterocycles. The highest BCUT2D eigenvalue weighted by Gasteiger charge is 2.30. The van der Waals surface area contributed by atoms with Crippen molar-refractivity contribution in [2.45, 2.75) is 43.3 Å². The Morgan fingerprint density at radius 2 is 1.96 bits per heavy atom. The molecule has 2 fully saturated rings. The molecule has 3 heterocycles. The maximum atomic E-state index is 13.3. The molecule has 3 aromatic rings. The predicted molar refractivity (Wildman–Crippen MR) is 111 cm³/mol. The first-order chi connectivity index (χ1) is 13.2. The van der Waals surface area contributed by atoms with E-state index in [9.17, 15) is 9.59 Å². The summed E-state index contributed by atoms with van der Waals surface area (Å²) in [4.78, 5) is 33.4. The quantitative estimate of drug-likeness (QED) is 0.491. The van der Waals surface area contributed by atoms with E-state index >= 15 is 0 Å². The van der Waals surface area contributed by atoms with Gasteiger partial charge in [0.15, 0.2) is 5.16 Å². The van der Waals surface area contributed by atoms with Crippen LogP contribution in [0.5, 0.6) is 0 Å². The third kappa shape index (κ3) is 3.17. The molecular weight excluding hydrogens is 378 g/mol. The molecule has 1 aliphatic carbocycles. The highest BCUT2D eigenvalue weighted by Crippen LogP contribution is 2.39. The van der Waals surface area contributed by atoms with Gasteiger partial charge in [-0.1, -0.05) is 30.0 Å². The van der Waals surface area contributed by atoms with E-state index in [-0.39, 0.29) is 17.5 Å². The zero-order chi connectivity index (χ0) is 18.4. The van der Waals surface area contributed by atoms with Gasteiger partial charge in [-0.15, -0.1) is 11.3 Å². The first-order valence-corrected chi connectivity index (χ1v) is 11.4. The number of hydrogen-bond donors (Lipinski definition) is 0. The van der Waals surface area contributed by atoms with Crippen molar-refractivity contribution in [2.24, 2.45) is 0 Å². The maximum absolute atomic E-state index is 13.3. The predicted octanol–water partition coefficient (Wildman–Crippen LogP) is 4.05. The van der Waals surface area contributed by atoms with Gasteiger partial charge in [0, 0.05) is 29.2 Å². The number of benzene rings is 1. The number of aromatic nitrogens is 2. The van der Waals surface area contributed by atoms with Gasteiger partial charge in [0.05, 0.1) is 11.1 Å². The molecule has 0 atom stereocenters. The summed E-state index contributed by atoms with van der Waals surface area (Å²) in [5, 5.41) is 2.42. The molecule has 1 aliphatic heterocycles. The second kappa shape index (κ2) is 6.95. The minimum absolute atomic E-state index is 0.0490. The Morgan fingerprint density at radius 3 is 2.74 bits per heavy atom. The molecule has 0 bridgehead atoms. The second-order valence-electron chi connectivity index (χ2n) is 7.31. The van der Waals surface area contributed by atoms with Crippen molar-refractivity contribution in [3.05, 3.63) is 34.6 Å². The van der Waals surface area contributed by atoms with Gasteiger partial charge >= 0.3 is 0 Å². The van der Waals surface area contributed by atoms with Crippen molar-refractivity contribution in [2.75, 3.05) is 18.8 Å². The summed E-state index contributed by atoms with van der Waals surface area (Å²) in [5.41, 5.74) is 0.0490. The summed E-state index contributed by atoms with van der Waals surface area (Å²) in [6.07, 6.45) is 5.43. The van der Waals surface area contributed by atoms with E-state index in [1.807, 2.05) is 33.7 Å². The lowest BCUT2D eigenvalue weighted by atomic mass is 10.1. The van der Waals surface area contributed by atoms with Crippen LogP contribution in [0.4, 0.5) is 0 Å². The van der Waals surface area contributed by atoms with Gasteiger partial charge in [-0.25, -0.2) is 4.98 Å². The summed E-state index contributed by atoms with van der Waals surface area (Å²) in [6, 6.07) is 8.23. The van der Waals surface area contributed by atoms with E-state index in [4.69, 9.17) is 4.98 Å². The van der Waals surface area contributed by atoms with Crippen molar-refractivity contribution in [3.63, 3.8) is 0 Å². The molecule has 1 saturated heterocycles. The van der Waals surface area contributed by atoms with Crippen LogP contribution in [-0.2, 0) is 4.79 Å². The summed E-state index contributed by atoms with van der Waals surface area (Å²) < 4.78 is 2.93. The number of fused-ring (bicyclic) bond motifs is 3. The number of carbonyl (C=O) groups is 1. The van der Waals surface area contributed by atoms with Gasteiger partial charge in [0.25, 0.3) is 5.56 Å². The van der Waals surface area contributed by atoms with Crippen LogP contribution in [0.15, 0.2) is 34.2 Å². The molecule has 0 radical (unpaired) electrons. The Hall–Kier alpha value is -1.86. The number of nitrogens with zero attached hydrogens (tertiary/aromatic N) is 3. The van der Waals surface area contributed by atoms with Gasteiger partial charge in [0.1, 0.15) is 4.83 Å². The van der Waals surface area contributed by atoms with E-state index in [2.05, 4.69) is 0 Å². The normalized spacial score (nSPS) is 17.7. The van der Waals surface area contributed by atoms with E-state index in [1.165, 1.54) is 18.2 Å². The summed E-state index contributed by atoms with van der Waals surface area (Å²) in [6.45, 7) is 1.72. The standard InChI is InChI=1S/C20H21N3O2S2/c24-16(22-10-4-1-5-11-22)12-26-20-21-18-17(19(25)23(20)13-8-9-13)14-6-2-3-7-15(14)27-18/h2-3,6-7,13H,1,4-5,8-12H2. The van der Waals surface area contributed by atoms with Crippen molar-refractivity contribution in [3.8, 4) is 0 Å². The fourth-order valence-corrected chi connectivity index (χ4v) is 5.87. The molecule has 1 saturated carbocycles. The number of rotatable bonds is 4. The number of amides is 1. The minimum atomic E-state index is 0.0490. The number of thioether (sulfide) groups is 1. The third-order valence-corrected chi connectivity index (χ3v) is 7.36. The monoisotopic (exact) mass is 399 g/mol. The lowest BCUT2D eigenvalue weighted by molar-refractivity contribution is -0.129. The zero-order valence-electron chi connectivity index (χ0n) is 15.0. The number of thiophene rings is 1. The van der Waals surface area contributed by atoms with E-state index in [0.29, 0.717) is 10.9 Å². The van der Waals surface area contributed by atoms with Gasteiger partial charge in [-0.3, -0.25) is 14.2 Å². The summed E-state index contributed by atoms with van der Waals surface area (Å²) >= 11 is 2.98. The molecule has 0 spiro atoms. The highest BCUT2D eigenvalue weighted by molar-refractivity contribution is 7.99. The number of piperidine rings is 1.